The average molecular weight is 178 g/mol. The van der Waals surface area contributed by atoms with E-state index in [4.69, 9.17) is 6.42 Å². The molecule has 0 rings (SSSR count). The SMILES string of the molecule is [C]#CCCCCCCCCCC[CH2]. The summed E-state index contributed by atoms with van der Waals surface area (Å²) in [6, 6.07) is 0. The second-order valence-electron chi connectivity index (χ2n) is 3.61. The van der Waals surface area contributed by atoms with Crippen LogP contribution >= 0.6 is 0 Å². The molecular formula is C13H22. The van der Waals surface area contributed by atoms with Gasteiger partial charge in [-0.1, -0.05) is 64.2 Å². The Kier molecular flexibility index (Phi) is 11.2. The molecule has 2 radical (unpaired) electrons. The predicted molar refractivity (Wildman–Crippen MR) is 58.7 cm³/mol. The average Bonchev–Trinajstić information content (AvgIpc) is 2.16. The van der Waals surface area contributed by atoms with Crippen LogP contribution in [0.25, 0.3) is 0 Å². The van der Waals surface area contributed by atoms with Crippen LogP contribution in [0.2, 0.25) is 0 Å². The first-order valence-electron chi connectivity index (χ1n) is 5.60. The maximum absolute atomic E-state index is 6.74. The van der Waals surface area contributed by atoms with Gasteiger partial charge >= 0.3 is 0 Å². The number of hydrogen-bond donors (Lipinski definition) is 0. The molecule has 0 saturated heterocycles. The summed E-state index contributed by atoms with van der Waals surface area (Å²) < 4.78 is 0. The first-order chi connectivity index (χ1) is 6.41. The van der Waals surface area contributed by atoms with Crippen molar-refractivity contribution >= 4 is 0 Å². The minimum atomic E-state index is 0.849. The summed E-state index contributed by atoms with van der Waals surface area (Å²) in [4.78, 5) is 0. The van der Waals surface area contributed by atoms with Crippen molar-refractivity contribution in [2.75, 3.05) is 0 Å². The van der Waals surface area contributed by atoms with E-state index in [-0.39, 0.29) is 0 Å². The van der Waals surface area contributed by atoms with Gasteiger partial charge in [-0.05, 0) is 12.8 Å². The minimum absolute atomic E-state index is 0.849. The molecule has 0 spiro atoms. The van der Waals surface area contributed by atoms with Crippen molar-refractivity contribution in [3.63, 3.8) is 0 Å². The summed E-state index contributed by atoms with van der Waals surface area (Å²) in [5, 5.41) is 0. The van der Waals surface area contributed by atoms with Gasteiger partial charge in [0.15, 0.2) is 0 Å². The third-order valence-corrected chi connectivity index (χ3v) is 2.30. The highest BCUT2D eigenvalue weighted by Gasteiger charge is 1.90. The Labute approximate surface area is 84.1 Å². The van der Waals surface area contributed by atoms with Gasteiger partial charge < -0.3 is 0 Å². The van der Waals surface area contributed by atoms with Gasteiger partial charge in [0.25, 0.3) is 0 Å². The Morgan fingerprint density at radius 3 is 1.69 bits per heavy atom. The lowest BCUT2D eigenvalue weighted by Crippen LogP contribution is -1.80. The fourth-order valence-corrected chi connectivity index (χ4v) is 1.45. The molecule has 0 fully saturated rings. The zero-order chi connectivity index (χ0) is 9.78. The molecule has 0 saturated carbocycles. The number of unbranched alkanes of at least 4 members (excludes halogenated alkanes) is 9. The Bertz CT molecular complexity index is 118. The van der Waals surface area contributed by atoms with Gasteiger partial charge in [0.1, 0.15) is 0 Å². The molecule has 0 atom stereocenters. The number of rotatable bonds is 9. The maximum Gasteiger partial charge on any atom is 0.00989 e. The molecule has 0 nitrogen and oxygen atoms in total. The Morgan fingerprint density at radius 1 is 0.769 bits per heavy atom. The molecular weight excluding hydrogens is 156 g/mol. The van der Waals surface area contributed by atoms with Crippen LogP contribution in [0.5, 0.6) is 0 Å². The molecule has 0 heteroatoms. The van der Waals surface area contributed by atoms with Crippen LogP contribution in [0.1, 0.15) is 64.2 Å². The molecule has 0 amide bonds. The summed E-state index contributed by atoms with van der Waals surface area (Å²) >= 11 is 0. The number of hydrogen-bond acceptors (Lipinski definition) is 0. The largest absolute Gasteiger partial charge is 0.0891 e. The van der Waals surface area contributed by atoms with E-state index in [9.17, 15) is 0 Å². The quantitative estimate of drug-likeness (QED) is 0.364. The molecule has 0 N–H and O–H groups in total. The van der Waals surface area contributed by atoms with Crippen LogP contribution in [-0.4, -0.2) is 0 Å². The minimum Gasteiger partial charge on any atom is -0.0891 e. The molecule has 0 heterocycles. The highest BCUT2D eigenvalue weighted by atomic mass is 14.0. The second kappa shape index (κ2) is 11.6. The molecule has 0 unspecified atom stereocenters. The van der Waals surface area contributed by atoms with E-state index in [2.05, 4.69) is 12.8 Å². The van der Waals surface area contributed by atoms with Crippen molar-refractivity contribution in [3.05, 3.63) is 13.3 Å². The van der Waals surface area contributed by atoms with Gasteiger partial charge in [-0.2, -0.15) is 0 Å². The van der Waals surface area contributed by atoms with Gasteiger partial charge in [-0.25, -0.2) is 0 Å². The van der Waals surface area contributed by atoms with Crippen LogP contribution in [0.3, 0.4) is 0 Å². The van der Waals surface area contributed by atoms with Crippen LogP contribution in [0, 0.1) is 19.3 Å². The van der Waals surface area contributed by atoms with Crippen molar-refractivity contribution in [3.8, 4) is 5.92 Å². The third kappa shape index (κ3) is 11.6. The highest BCUT2D eigenvalue weighted by Crippen LogP contribution is 2.09. The maximum atomic E-state index is 6.74. The van der Waals surface area contributed by atoms with Crippen molar-refractivity contribution in [1.29, 1.82) is 0 Å². The Hall–Kier alpha value is -0.440. The zero-order valence-electron chi connectivity index (χ0n) is 8.78. The standard InChI is InChI=1S/C13H22/c1-3-5-7-9-11-13-12-10-8-6-4-2/h1,3,5-13H2. The molecule has 13 heavy (non-hydrogen) atoms. The fourth-order valence-electron chi connectivity index (χ4n) is 1.45. The summed E-state index contributed by atoms with van der Waals surface area (Å²) in [5.41, 5.74) is 0. The molecule has 0 aromatic carbocycles. The van der Waals surface area contributed by atoms with Gasteiger partial charge in [0.05, 0.1) is 0 Å². The van der Waals surface area contributed by atoms with E-state index in [1.165, 1.54) is 44.9 Å². The zero-order valence-corrected chi connectivity index (χ0v) is 8.78. The van der Waals surface area contributed by atoms with E-state index in [1.54, 1.807) is 0 Å². The van der Waals surface area contributed by atoms with Crippen LogP contribution in [0.4, 0.5) is 0 Å². The van der Waals surface area contributed by atoms with Gasteiger partial charge in [-0.3, -0.25) is 0 Å². The third-order valence-electron chi connectivity index (χ3n) is 2.30. The van der Waals surface area contributed by atoms with E-state index in [0.717, 1.165) is 19.3 Å². The van der Waals surface area contributed by atoms with Gasteiger partial charge in [0, 0.05) is 6.42 Å². The van der Waals surface area contributed by atoms with Crippen LogP contribution in [0.15, 0.2) is 0 Å². The van der Waals surface area contributed by atoms with Crippen molar-refractivity contribution < 1.29 is 0 Å². The summed E-state index contributed by atoms with van der Waals surface area (Å²) in [7, 11) is 0. The Morgan fingerprint density at radius 2 is 1.23 bits per heavy atom. The van der Waals surface area contributed by atoms with E-state index in [1.807, 2.05) is 0 Å². The lowest BCUT2D eigenvalue weighted by atomic mass is 10.1. The summed E-state index contributed by atoms with van der Waals surface area (Å²) in [6.07, 6.45) is 19.2. The summed E-state index contributed by atoms with van der Waals surface area (Å²) in [5.74, 6) is 2.43. The van der Waals surface area contributed by atoms with Gasteiger partial charge in [-0.15, -0.1) is 0 Å². The molecule has 0 aliphatic rings. The molecule has 0 aliphatic heterocycles. The van der Waals surface area contributed by atoms with Crippen molar-refractivity contribution in [2.45, 2.75) is 64.2 Å². The molecule has 0 bridgehead atoms. The van der Waals surface area contributed by atoms with Crippen LogP contribution < -0.4 is 0 Å². The van der Waals surface area contributed by atoms with E-state index in [0.29, 0.717) is 0 Å². The topological polar surface area (TPSA) is 0 Å². The predicted octanol–water partition coefficient (Wildman–Crippen LogP) is 4.31. The van der Waals surface area contributed by atoms with Crippen molar-refractivity contribution in [1.82, 2.24) is 0 Å². The fraction of sp³-hybridized carbons (Fsp3) is 0.769. The van der Waals surface area contributed by atoms with E-state index < -0.39 is 0 Å². The van der Waals surface area contributed by atoms with Crippen molar-refractivity contribution in [2.24, 2.45) is 0 Å². The molecule has 0 aromatic heterocycles. The smallest absolute Gasteiger partial charge is 0.00989 e. The normalized spacial score (nSPS) is 9.85. The Balaban J connectivity index is 2.80. The lowest BCUT2D eigenvalue weighted by Gasteiger charge is -1.99. The highest BCUT2D eigenvalue weighted by molar-refractivity contribution is 4.74. The summed E-state index contributed by atoms with van der Waals surface area (Å²) in [6.45, 7) is 3.83. The van der Waals surface area contributed by atoms with Gasteiger partial charge in [0.2, 0.25) is 0 Å². The lowest BCUT2D eigenvalue weighted by molar-refractivity contribution is 0.572. The monoisotopic (exact) mass is 178 g/mol. The first-order valence-corrected chi connectivity index (χ1v) is 5.60. The molecule has 0 aromatic rings. The second-order valence-corrected chi connectivity index (χ2v) is 3.61. The van der Waals surface area contributed by atoms with E-state index >= 15 is 0 Å². The first kappa shape index (κ1) is 12.6. The van der Waals surface area contributed by atoms with Crippen LogP contribution in [-0.2, 0) is 0 Å². The molecule has 0 aliphatic carbocycles. The molecule has 74 valence electrons.